The molecule has 4 unspecified atom stereocenters. The zero-order chi connectivity index (χ0) is 25.2. The lowest BCUT2D eigenvalue weighted by molar-refractivity contribution is -0.270. The van der Waals surface area contributed by atoms with Crippen LogP contribution in [0.4, 0.5) is 0 Å². The van der Waals surface area contributed by atoms with Crippen molar-refractivity contribution in [2.45, 2.75) is 123 Å². The molecular weight excluding hydrogens is 568 g/mol. The van der Waals surface area contributed by atoms with Crippen LogP contribution in [0, 0.1) is 38.4 Å². The molecule has 0 heterocycles. The van der Waals surface area contributed by atoms with E-state index in [4.69, 9.17) is 0 Å². The van der Waals surface area contributed by atoms with E-state index in [2.05, 4.69) is 77.8 Å². The van der Waals surface area contributed by atoms with Crippen LogP contribution in [-0.2, 0) is 18.3 Å². The molecule has 8 aliphatic carbocycles. The van der Waals surface area contributed by atoms with Crippen molar-refractivity contribution in [2.75, 3.05) is 10.7 Å². The summed E-state index contributed by atoms with van der Waals surface area (Å²) in [4.78, 5) is 0. The van der Waals surface area contributed by atoms with Crippen LogP contribution in [0.3, 0.4) is 0 Å². The van der Waals surface area contributed by atoms with Gasteiger partial charge in [0.15, 0.2) is 0 Å². The molecule has 0 aliphatic heterocycles. The van der Waals surface area contributed by atoms with Crippen molar-refractivity contribution in [3.05, 3.63) is 34.9 Å². The maximum Gasteiger partial charge on any atom is 0.00718 e. The van der Waals surface area contributed by atoms with Crippen LogP contribution in [0.25, 0.3) is 0 Å². The zero-order valence-corrected chi connectivity index (χ0v) is 26.6. The summed E-state index contributed by atoms with van der Waals surface area (Å²) in [6.07, 6.45) is 20.5. The molecule has 8 aliphatic rings. The molecule has 0 N–H and O–H groups in total. The molecule has 0 spiro atoms. The Bertz CT molecular complexity index is 1020. The zero-order valence-electron chi connectivity index (χ0n) is 23.4. The molecule has 8 fully saturated rings. The lowest BCUT2D eigenvalue weighted by Gasteiger charge is -2.78. The fourth-order valence-corrected chi connectivity index (χ4v) is 15.1. The van der Waals surface area contributed by atoms with E-state index in [1.54, 1.807) is 36.0 Å². The minimum absolute atomic E-state index is 0.396. The molecule has 0 saturated heterocycles. The standard InChI is InChI=1S/C34H48Br2/c1-28-12-26-13-29(2,15-28)20-33(14-26,19-28)34-21-30(3)16-31(4,22-34)18-32(17-30,23-34)27-10-24(5-7-35)9-25(11-27)6-8-36/h9-11,26H,5-8,12-23H2,1-4H3. The van der Waals surface area contributed by atoms with Gasteiger partial charge in [-0.1, -0.05) is 77.8 Å². The molecule has 9 rings (SSSR count). The second-order valence-electron chi connectivity index (χ2n) is 17.1. The van der Waals surface area contributed by atoms with Gasteiger partial charge in [0, 0.05) is 10.7 Å². The van der Waals surface area contributed by atoms with Gasteiger partial charge in [-0.3, -0.25) is 0 Å². The summed E-state index contributed by atoms with van der Waals surface area (Å²) < 4.78 is 0. The third kappa shape index (κ3) is 3.60. The molecule has 36 heavy (non-hydrogen) atoms. The molecule has 198 valence electrons. The van der Waals surface area contributed by atoms with Gasteiger partial charge in [0.05, 0.1) is 0 Å². The molecular formula is C34H48Br2. The van der Waals surface area contributed by atoms with E-state index < -0.39 is 0 Å². The lowest BCUT2D eigenvalue weighted by atomic mass is 9.26. The van der Waals surface area contributed by atoms with Crippen molar-refractivity contribution in [3.63, 3.8) is 0 Å². The van der Waals surface area contributed by atoms with Crippen LogP contribution in [0.2, 0.25) is 0 Å². The Kier molecular flexibility index (Phi) is 5.37. The number of alkyl halides is 2. The molecule has 1 aromatic carbocycles. The van der Waals surface area contributed by atoms with E-state index in [1.807, 2.05) is 0 Å². The van der Waals surface area contributed by atoms with Crippen LogP contribution in [0.15, 0.2) is 18.2 Å². The average molecular weight is 617 g/mol. The number of hydrogen-bond donors (Lipinski definition) is 0. The normalized spacial score (nSPS) is 52.3. The highest BCUT2D eigenvalue weighted by atomic mass is 79.9. The largest absolute Gasteiger partial charge is 0.0924 e. The lowest BCUT2D eigenvalue weighted by Crippen LogP contribution is -2.69. The van der Waals surface area contributed by atoms with E-state index in [0.29, 0.717) is 37.9 Å². The quantitative estimate of drug-likeness (QED) is 0.279. The average Bonchev–Trinajstić information content (AvgIpc) is 2.69. The van der Waals surface area contributed by atoms with Gasteiger partial charge >= 0.3 is 0 Å². The summed E-state index contributed by atoms with van der Waals surface area (Å²) in [6, 6.07) is 7.86. The predicted octanol–water partition coefficient (Wildman–Crippen LogP) is 10.2. The summed E-state index contributed by atoms with van der Waals surface area (Å²) >= 11 is 7.51. The van der Waals surface area contributed by atoms with Crippen molar-refractivity contribution in [1.29, 1.82) is 0 Å². The van der Waals surface area contributed by atoms with Gasteiger partial charge in [0.2, 0.25) is 0 Å². The highest BCUT2D eigenvalue weighted by molar-refractivity contribution is 9.09. The Labute approximate surface area is 237 Å². The topological polar surface area (TPSA) is 0 Å². The first-order valence-electron chi connectivity index (χ1n) is 15.1. The maximum absolute atomic E-state index is 3.75. The van der Waals surface area contributed by atoms with Crippen molar-refractivity contribution in [3.8, 4) is 0 Å². The summed E-state index contributed by atoms with van der Waals surface area (Å²) in [5.74, 6) is 1.01. The van der Waals surface area contributed by atoms with E-state index in [9.17, 15) is 0 Å². The molecule has 2 heteroatoms. The molecule has 1 aromatic rings. The van der Waals surface area contributed by atoms with Crippen LogP contribution < -0.4 is 0 Å². The fraction of sp³-hybridized carbons (Fsp3) is 0.824. The Morgan fingerprint density at radius 3 is 1.58 bits per heavy atom. The first-order valence-corrected chi connectivity index (χ1v) is 17.4. The first kappa shape index (κ1) is 25.2. The van der Waals surface area contributed by atoms with E-state index in [0.717, 1.165) is 29.4 Å². The highest BCUT2D eigenvalue weighted by Crippen LogP contribution is 2.83. The van der Waals surface area contributed by atoms with Gasteiger partial charge in [0.1, 0.15) is 0 Å². The van der Waals surface area contributed by atoms with Gasteiger partial charge in [-0.2, -0.15) is 0 Å². The molecule has 0 nitrogen and oxygen atoms in total. The van der Waals surface area contributed by atoms with Crippen LogP contribution in [-0.4, -0.2) is 10.7 Å². The number of benzene rings is 1. The van der Waals surface area contributed by atoms with Crippen LogP contribution >= 0.6 is 31.9 Å². The van der Waals surface area contributed by atoms with Crippen molar-refractivity contribution in [2.24, 2.45) is 38.4 Å². The minimum Gasteiger partial charge on any atom is -0.0924 e. The molecule has 4 atom stereocenters. The predicted molar refractivity (Wildman–Crippen MR) is 159 cm³/mol. The molecule has 0 radical (unpaired) electrons. The summed E-state index contributed by atoms with van der Waals surface area (Å²) in [6.45, 7) is 10.9. The summed E-state index contributed by atoms with van der Waals surface area (Å²) in [5.41, 5.74) is 8.71. The van der Waals surface area contributed by atoms with Crippen molar-refractivity contribution >= 4 is 31.9 Å². The Morgan fingerprint density at radius 2 is 1.08 bits per heavy atom. The number of aryl methyl sites for hydroxylation is 2. The van der Waals surface area contributed by atoms with E-state index in [-0.39, 0.29) is 0 Å². The Hall–Kier alpha value is 0.180. The van der Waals surface area contributed by atoms with Crippen molar-refractivity contribution in [1.82, 2.24) is 0 Å². The monoisotopic (exact) mass is 614 g/mol. The van der Waals surface area contributed by atoms with Gasteiger partial charge in [-0.15, -0.1) is 0 Å². The Morgan fingerprint density at radius 1 is 0.583 bits per heavy atom. The number of halogens is 2. The summed E-state index contributed by atoms with van der Waals surface area (Å²) in [7, 11) is 0. The van der Waals surface area contributed by atoms with Gasteiger partial charge in [-0.05, 0) is 150 Å². The Balaban J connectivity index is 1.37. The molecule has 0 amide bonds. The fourth-order valence-electron chi connectivity index (χ4n) is 14.2. The second-order valence-corrected chi connectivity index (χ2v) is 18.7. The summed E-state index contributed by atoms with van der Waals surface area (Å²) in [5, 5.41) is 2.14. The van der Waals surface area contributed by atoms with Crippen LogP contribution in [0.1, 0.15) is 121 Å². The first-order chi connectivity index (χ1) is 16.9. The van der Waals surface area contributed by atoms with Gasteiger partial charge in [0.25, 0.3) is 0 Å². The second kappa shape index (κ2) is 7.67. The van der Waals surface area contributed by atoms with E-state index >= 15 is 0 Å². The minimum atomic E-state index is 0.396. The third-order valence-electron chi connectivity index (χ3n) is 12.8. The molecule has 0 aromatic heterocycles. The SMILES string of the molecule is CC12CC3CC(C)(C1)CC(C14CC5(C)CC(C)(CC(c6cc(CCBr)cc(CCBr)c6)(C5)C1)C4)(C3)C2. The molecule has 8 saturated carbocycles. The number of hydrogen-bond acceptors (Lipinski definition) is 0. The third-order valence-corrected chi connectivity index (χ3v) is 13.6. The number of rotatable bonds is 6. The van der Waals surface area contributed by atoms with Crippen LogP contribution in [0.5, 0.6) is 0 Å². The van der Waals surface area contributed by atoms with Crippen molar-refractivity contribution < 1.29 is 0 Å². The van der Waals surface area contributed by atoms with E-state index in [1.165, 1.54) is 57.8 Å². The maximum atomic E-state index is 3.75. The molecule has 8 bridgehead atoms. The highest BCUT2D eigenvalue weighted by Gasteiger charge is 2.74. The van der Waals surface area contributed by atoms with Gasteiger partial charge < -0.3 is 0 Å². The van der Waals surface area contributed by atoms with Gasteiger partial charge in [-0.25, -0.2) is 0 Å². The smallest absolute Gasteiger partial charge is 0.00718 e.